The molecule has 0 saturated heterocycles. The first-order chi connectivity index (χ1) is 15.4. The predicted octanol–water partition coefficient (Wildman–Crippen LogP) is -1.67. The first-order valence-corrected chi connectivity index (χ1v) is 12.6. The highest BCUT2D eigenvalue weighted by Crippen LogP contribution is 2.38. The van der Waals surface area contributed by atoms with Gasteiger partial charge in [0.2, 0.25) is 5.91 Å². The minimum atomic E-state index is -1.89. The Kier molecular flexibility index (Phi) is 13.2. The molecule has 3 amide bonds. The molecular weight excluding hydrogens is 783 g/mol. The van der Waals surface area contributed by atoms with Crippen LogP contribution >= 0.6 is 67.8 Å². The van der Waals surface area contributed by atoms with Crippen LogP contribution in [-0.4, -0.2) is 99.7 Å². The number of aliphatic hydroxyl groups is 6. The molecule has 33 heavy (non-hydrogen) atoms. The maximum Gasteiger partial charge on any atom is 0.253 e. The van der Waals surface area contributed by atoms with Crippen LogP contribution in [0.15, 0.2) is 0 Å². The van der Waals surface area contributed by atoms with Crippen LogP contribution in [0.2, 0.25) is 0 Å². The molecule has 186 valence electrons. The van der Waals surface area contributed by atoms with E-state index in [0.717, 1.165) is 4.90 Å². The number of aliphatic hydroxyl groups excluding tert-OH is 5. The van der Waals surface area contributed by atoms with Gasteiger partial charge in [0.1, 0.15) is 0 Å². The van der Waals surface area contributed by atoms with Crippen molar-refractivity contribution in [3.05, 3.63) is 21.8 Å². The van der Waals surface area contributed by atoms with E-state index in [0.29, 0.717) is 0 Å². The molecule has 1 aromatic rings. The topological polar surface area (TPSA) is 200 Å². The Balaban J connectivity index is 3.71. The first-order valence-electron chi connectivity index (χ1n) is 9.36. The van der Waals surface area contributed by atoms with Gasteiger partial charge in [0.05, 0.1) is 55.9 Å². The second-order valence-electron chi connectivity index (χ2n) is 6.74. The Hall–Kier alpha value is -0.420. The molecule has 0 fully saturated rings. The fourth-order valence-corrected chi connectivity index (χ4v) is 7.28. The third-order valence-electron chi connectivity index (χ3n) is 4.16. The van der Waals surface area contributed by atoms with Gasteiger partial charge in [-0.25, -0.2) is 0 Å². The van der Waals surface area contributed by atoms with Crippen LogP contribution in [0.5, 0.6) is 0 Å². The third kappa shape index (κ3) is 8.33. The lowest BCUT2D eigenvalue weighted by molar-refractivity contribution is -0.118. The molecule has 12 nitrogen and oxygen atoms in total. The van der Waals surface area contributed by atoms with Crippen LogP contribution in [0.1, 0.15) is 27.6 Å². The summed E-state index contributed by atoms with van der Waals surface area (Å²) in [6, 6.07) is 0. The summed E-state index contributed by atoms with van der Waals surface area (Å²) in [5.74, 6) is -1.98. The summed E-state index contributed by atoms with van der Waals surface area (Å²) in [7, 11) is 0. The van der Waals surface area contributed by atoms with Gasteiger partial charge in [-0.1, -0.05) is 0 Å². The summed E-state index contributed by atoms with van der Waals surface area (Å²) >= 11 is 5.39. The van der Waals surface area contributed by atoms with Crippen LogP contribution < -0.4 is 15.5 Å². The van der Waals surface area contributed by atoms with Gasteiger partial charge in [-0.15, -0.1) is 0 Å². The molecule has 0 heterocycles. The van der Waals surface area contributed by atoms with E-state index in [1.165, 1.54) is 6.92 Å². The van der Waals surface area contributed by atoms with Crippen molar-refractivity contribution >= 4 is 91.2 Å². The Labute approximate surface area is 230 Å². The van der Waals surface area contributed by atoms with Crippen LogP contribution in [0.4, 0.5) is 5.69 Å². The zero-order valence-electron chi connectivity index (χ0n) is 17.3. The quantitative estimate of drug-likeness (QED) is 0.0953. The van der Waals surface area contributed by atoms with Crippen molar-refractivity contribution in [3.8, 4) is 0 Å². The molecule has 2 atom stereocenters. The molecule has 2 unspecified atom stereocenters. The number of anilines is 1. The van der Waals surface area contributed by atoms with Crippen molar-refractivity contribution in [1.29, 1.82) is 0 Å². The molecule has 0 aliphatic carbocycles. The fraction of sp³-hybridized carbons (Fsp3) is 0.500. The highest BCUT2D eigenvalue weighted by Gasteiger charge is 2.32. The van der Waals surface area contributed by atoms with Crippen LogP contribution in [0.3, 0.4) is 0 Å². The largest absolute Gasteiger partial charge is 0.394 e. The summed E-state index contributed by atoms with van der Waals surface area (Å²) in [4.78, 5) is 39.2. The highest BCUT2D eigenvalue weighted by atomic mass is 127. The number of hydrogen-bond acceptors (Lipinski definition) is 9. The molecule has 1 aromatic carbocycles. The zero-order valence-corrected chi connectivity index (χ0v) is 23.7. The van der Waals surface area contributed by atoms with Gasteiger partial charge in [-0.05, 0) is 67.8 Å². The van der Waals surface area contributed by atoms with Crippen molar-refractivity contribution in [2.45, 2.75) is 25.4 Å². The van der Waals surface area contributed by atoms with Crippen LogP contribution in [0.25, 0.3) is 0 Å². The minimum absolute atomic E-state index is 0.0108. The SMILES string of the molecule is CC(=O)N(CC(O)O)c1c(I)c(C(=O)NCC(O)CO)c(I)c(C(=O)NCC(O)CO)c1I. The van der Waals surface area contributed by atoms with Crippen molar-refractivity contribution in [2.75, 3.05) is 37.7 Å². The van der Waals surface area contributed by atoms with Gasteiger partial charge in [-0.3, -0.25) is 14.4 Å². The molecule has 8 N–H and O–H groups in total. The number of hydrogen-bond donors (Lipinski definition) is 8. The van der Waals surface area contributed by atoms with Gasteiger partial charge in [0.25, 0.3) is 11.8 Å². The maximum atomic E-state index is 12.9. The number of carbonyl (C=O) groups excluding carboxylic acids is 3. The molecule has 0 radical (unpaired) electrons. The van der Waals surface area contributed by atoms with Crippen molar-refractivity contribution < 1.29 is 45.0 Å². The van der Waals surface area contributed by atoms with E-state index in [1.54, 1.807) is 67.8 Å². The van der Waals surface area contributed by atoms with Gasteiger partial charge >= 0.3 is 0 Å². The zero-order chi connectivity index (χ0) is 25.5. The maximum absolute atomic E-state index is 12.9. The van der Waals surface area contributed by atoms with Gasteiger partial charge < -0.3 is 46.2 Å². The van der Waals surface area contributed by atoms with Crippen molar-refractivity contribution in [2.24, 2.45) is 0 Å². The molecule has 0 spiro atoms. The second-order valence-corrected chi connectivity index (χ2v) is 9.98. The molecule has 0 aliphatic rings. The lowest BCUT2D eigenvalue weighted by Gasteiger charge is -2.28. The number of nitrogens with one attached hydrogen (secondary N) is 2. The number of amides is 3. The molecule has 0 aromatic heterocycles. The molecular formula is C18H24I3N3O9. The number of halogens is 3. The Bertz CT molecular complexity index is 832. The average Bonchev–Trinajstić information content (AvgIpc) is 2.74. The Morgan fingerprint density at radius 2 is 1.21 bits per heavy atom. The van der Waals surface area contributed by atoms with E-state index in [1.807, 2.05) is 0 Å². The predicted molar refractivity (Wildman–Crippen MR) is 142 cm³/mol. The van der Waals surface area contributed by atoms with E-state index in [9.17, 15) is 34.8 Å². The highest BCUT2D eigenvalue weighted by molar-refractivity contribution is 14.1. The summed E-state index contributed by atoms with van der Waals surface area (Å²) in [5, 5.41) is 60.9. The normalized spacial score (nSPS) is 12.9. The molecule has 0 saturated carbocycles. The third-order valence-corrected chi connectivity index (χ3v) is 7.34. The Morgan fingerprint density at radius 1 is 0.818 bits per heavy atom. The van der Waals surface area contributed by atoms with Crippen molar-refractivity contribution in [3.63, 3.8) is 0 Å². The van der Waals surface area contributed by atoms with Crippen LogP contribution in [-0.2, 0) is 4.79 Å². The van der Waals surface area contributed by atoms with Crippen LogP contribution in [0, 0.1) is 10.7 Å². The smallest absolute Gasteiger partial charge is 0.253 e. The molecule has 15 heteroatoms. The Morgan fingerprint density at radius 3 is 1.52 bits per heavy atom. The fourth-order valence-electron chi connectivity index (χ4n) is 2.55. The lowest BCUT2D eigenvalue weighted by Crippen LogP contribution is -2.40. The number of carbonyl (C=O) groups is 3. The molecule has 0 bridgehead atoms. The van der Waals surface area contributed by atoms with E-state index < -0.39 is 56.0 Å². The number of benzene rings is 1. The first kappa shape index (κ1) is 30.6. The number of rotatable bonds is 11. The van der Waals surface area contributed by atoms with E-state index in [-0.39, 0.29) is 40.6 Å². The minimum Gasteiger partial charge on any atom is -0.394 e. The van der Waals surface area contributed by atoms with E-state index >= 15 is 0 Å². The number of nitrogens with zero attached hydrogens (tertiary/aromatic N) is 1. The second kappa shape index (κ2) is 14.2. The lowest BCUT2D eigenvalue weighted by atomic mass is 10.1. The van der Waals surface area contributed by atoms with Gasteiger partial charge in [0, 0.05) is 23.6 Å². The summed E-state index contributed by atoms with van der Waals surface area (Å²) in [6.07, 6.45) is -4.32. The van der Waals surface area contributed by atoms with Gasteiger partial charge in [0.15, 0.2) is 6.29 Å². The molecule has 1 rings (SSSR count). The summed E-state index contributed by atoms with van der Waals surface area (Å²) < 4.78 is 0.672. The monoisotopic (exact) mass is 807 g/mol. The standard InChI is InChI=1S/C18H24I3N3O9/c1-7(27)24(4-10(30)31)16-14(20)11(17(32)22-2-8(28)5-25)13(19)12(15(16)21)18(33)23-3-9(29)6-26/h8-10,25-26,28-31H,2-6H2,1H3,(H,22,32)(H,23,33). The average molecular weight is 807 g/mol. The summed E-state index contributed by atoms with van der Waals surface area (Å²) in [6.45, 7) is -1.07. The van der Waals surface area contributed by atoms with E-state index in [4.69, 9.17) is 10.2 Å². The van der Waals surface area contributed by atoms with Crippen molar-refractivity contribution in [1.82, 2.24) is 10.6 Å². The van der Waals surface area contributed by atoms with E-state index in [2.05, 4.69) is 10.6 Å². The summed E-state index contributed by atoms with van der Waals surface area (Å²) in [5.41, 5.74) is 0.0736. The van der Waals surface area contributed by atoms with Gasteiger partial charge in [-0.2, -0.15) is 0 Å². The molecule has 0 aliphatic heterocycles.